The van der Waals surface area contributed by atoms with Crippen LogP contribution in [0.2, 0.25) is 0 Å². The first-order valence-corrected chi connectivity index (χ1v) is 6.77. The predicted octanol–water partition coefficient (Wildman–Crippen LogP) is 2.42. The number of carbonyl (C=O) groups is 3. The molecule has 15 heteroatoms. The monoisotopic (exact) mass is 413 g/mol. The molecule has 0 unspecified atom stereocenters. The number of oxime groups is 1. The average Bonchev–Trinajstić information content (AvgIpc) is 2.51. The lowest BCUT2D eigenvalue weighted by atomic mass is 9.90. The lowest BCUT2D eigenvalue weighted by Crippen LogP contribution is -2.38. The molecule has 1 aliphatic heterocycles. The molecule has 1 amide bonds. The molecular formula is C13H5F6N3O6. The van der Waals surface area contributed by atoms with E-state index in [2.05, 4.69) is 9.99 Å². The highest BCUT2D eigenvalue weighted by atomic mass is 19.4. The number of ketones is 1. The summed E-state index contributed by atoms with van der Waals surface area (Å²) in [6.07, 6.45) is -11.4. The van der Waals surface area contributed by atoms with E-state index in [1.54, 1.807) is 0 Å². The van der Waals surface area contributed by atoms with Crippen molar-refractivity contribution in [2.24, 2.45) is 5.16 Å². The van der Waals surface area contributed by atoms with Crippen molar-refractivity contribution < 1.29 is 50.5 Å². The Labute approximate surface area is 149 Å². The second-order valence-corrected chi connectivity index (χ2v) is 5.13. The van der Waals surface area contributed by atoms with Gasteiger partial charge < -0.3 is 10.2 Å². The standard InChI is InChI=1S/C13H5F6N3O6/c1-3(23)28-21-8-6-5(20-11(25)10(8)24)2-4(12(14,15)16)9(22(26)27)7(6)13(17,18)19/h2H,1H3,(H,20,25). The number of nitrogens with zero attached hydrogens (tertiary/aromatic N) is 2. The van der Waals surface area contributed by atoms with E-state index < -0.39 is 68.7 Å². The summed E-state index contributed by atoms with van der Waals surface area (Å²) in [4.78, 5) is 47.4. The molecular weight excluding hydrogens is 408 g/mol. The van der Waals surface area contributed by atoms with Gasteiger partial charge in [-0.25, -0.2) is 4.79 Å². The maximum atomic E-state index is 13.5. The fraction of sp³-hybridized carbons (Fsp3) is 0.231. The molecule has 1 aromatic rings. The average molecular weight is 413 g/mol. The first-order chi connectivity index (χ1) is 12.7. The zero-order chi connectivity index (χ0) is 21.6. The van der Waals surface area contributed by atoms with Gasteiger partial charge in [0.25, 0.3) is 17.4 Å². The largest absolute Gasteiger partial charge is 0.423 e. The molecule has 0 saturated heterocycles. The van der Waals surface area contributed by atoms with Gasteiger partial charge in [-0.2, -0.15) is 26.3 Å². The molecule has 150 valence electrons. The van der Waals surface area contributed by atoms with Gasteiger partial charge in [-0.3, -0.25) is 19.7 Å². The first kappa shape index (κ1) is 20.8. The highest BCUT2D eigenvalue weighted by Gasteiger charge is 2.52. The molecule has 0 saturated carbocycles. The summed E-state index contributed by atoms with van der Waals surface area (Å²) in [6.45, 7) is 0.720. The summed E-state index contributed by atoms with van der Waals surface area (Å²) in [7, 11) is 0. The number of hydrogen-bond acceptors (Lipinski definition) is 7. The van der Waals surface area contributed by atoms with Gasteiger partial charge in [-0.05, 0) is 6.07 Å². The Hall–Kier alpha value is -3.52. The summed E-state index contributed by atoms with van der Waals surface area (Å²) in [6, 6.07) is -0.143. The molecule has 0 spiro atoms. The summed E-state index contributed by atoms with van der Waals surface area (Å²) in [5.74, 6) is -4.75. The molecule has 0 fully saturated rings. The van der Waals surface area contributed by atoms with E-state index in [1.807, 2.05) is 0 Å². The van der Waals surface area contributed by atoms with Gasteiger partial charge in [0.1, 0.15) is 11.1 Å². The van der Waals surface area contributed by atoms with E-state index in [0.29, 0.717) is 0 Å². The molecule has 2 rings (SSSR count). The second-order valence-electron chi connectivity index (χ2n) is 5.13. The van der Waals surface area contributed by atoms with Crippen molar-refractivity contribution in [1.29, 1.82) is 0 Å². The van der Waals surface area contributed by atoms with Crippen LogP contribution in [0.3, 0.4) is 0 Å². The number of amides is 1. The number of alkyl halides is 6. The van der Waals surface area contributed by atoms with Gasteiger partial charge in [0, 0.05) is 6.92 Å². The number of Topliss-reactive ketones (excluding diaryl/α,β-unsaturated/α-hetero) is 1. The maximum Gasteiger partial charge on any atom is 0.423 e. The molecule has 28 heavy (non-hydrogen) atoms. The number of nitro groups is 1. The van der Waals surface area contributed by atoms with Crippen LogP contribution in [0.5, 0.6) is 0 Å². The molecule has 0 radical (unpaired) electrons. The fourth-order valence-electron chi connectivity index (χ4n) is 2.30. The van der Waals surface area contributed by atoms with Gasteiger partial charge >= 0.3 is 18.3 Å². The Kier molecular flexibility index (Phi) is 4.88. The smallest absolute Gasteiger partial charge is 0.318 e. The number of halogens is 6. The first-order valence-electron chi connectivity index (χ1n) is 6.77. The predicted molar refractivity (Wildman–Crippen MR) is 75.0 cm³/mol. The number of anilines is 1. The van der Waals surface area contributed by atoms with E-state index >= 15 is 0 Å². The van der Waals surface area contributed by atoms with E-state index in [4.69, 9.17) is 0 Å². The Morgan fingerprint density at radius 3 is 2.18 bits per heavy atom. The third-order valence-electron chi connectivity index (χ3n) is 3.24. The highest BCUT2D eigenvalue weighted by molar-refractivity contribution is 6.72. The van der Waals surface area contributed by atoms with Crippen LogP contribution in [-0.4, -0.2) is 28.3 Å². The SMILES string of the molecule is CC(=O)ON=C1C(=O)C(=O)Nc2cc(C(F)(F)F)c([N+](=O)[O-])c(C(F)(F)F)c21. The number of nitro benzene ring substituents is 1. The van der Waals surface area contributed by atoms with Gasteiger partial charge in [0.15, 0.2) is 5.71 Å². The second kappa shape index (κ2) is 6.58. The minimum atomic E-state index is -5.78. The topological polar surface area (TPSA) is 128 Å². The van der Waals surface area contributed by atoms with Crippen molar-refractivity contribution in [2.75, 3.05) is 5.32 Å². The zero-order valence-electron chi connectivity index (χ0n) is 13.2. The van der Waals surface area contributed by atoms with Crippen LogP contribution in [0.1, 0.15) is 23.6 Å². The van der Waals surface area contributed by atoms with Crippen LogP contribution in [0, 0.1) is 10.1 Å². The number of rotatable bonds is 2. The third kappa shape index (κ3) is 3.63. The van der Waals surface area contributed by atoms with Crippen molar-refractivity contribution in [3.63, 3.8) is 0 Å². The molecule has 1 N–H and O–H groups in total. The summed E-state index contributed by atoms with van der Waals surface area (Å²) in [5, 5.41) is 15.3. The van der Waals surface area contributed by atoms with Gasteiger partial charge in [-0.15, -0.1) is 0 Å². The van der Waals surface area contributed by atoms with Crippen molar-refractivity contribution >= 4 is 34.7 Å². The number of fused-ring (bicyclic) bond motifs is 1. The summed E-state index contributed by atoms with van der Waals surface area (Å²) in [5.41, 5.74) is -11.5. The van der Waals surface area contributed by atoms with Crippen molar-refractivity contribution in [2.45, 2.75) is 19.3 Å². The fourth-order valence-corrected chi connectivity index (χ4v) is 2.30. The molecule has 1 aromatic carbocycles. The van der Waals surface area contributed by atoms with Crippen LogP contribution in [0.25, 0.3) is 0 Å². The maximum absolute atomic E-state index is 13.5. The lowest BCUT2D eigenvalue weighted by Gasteiger charge is -2.23. The van der Waals surface area contributed by atoms with Crippen LogP contribution in [0.15, 0.2) is 11.2 Å². The van der Waals surface area contributed by atoms with E-state index in [-0.39, 0.29) is 6.07 Å². The third-order valence-corrected chi connectivity index (χ3v) is 3.24. The zero-order valence-corrected chi connectivity index (χ0v) is 13.2. The number of nitrogens with one attached hydrogen (secondary N) is 1. The van der Waals surface area contributed by atoms with E-state index in [0.717, 1.165) is 6.92 Å². The normalized spacial score (nSPS) is 15.9. The number of carbonyl (C=O) groups excluding carboxylic acids is 3. The Morgan fingerprint density at radius 1 is 1.18 bits per heavy atom. The van der Waals surface area contributed by atoms with Crippen LogP contribution in [0.4, 0.5) is 37.7 Å². The van der Waals surface area contributed by atoms with Gasteiger partial charge in [-0.1, -0.05) is 5.16 Å². The number of benzene rings is 1. The highest BCUT2D eigenvalue weighted by Crippen LogP contribution is 2.49. The summed E-state index contributed by atoms with van der Waals surface area (Å²) >= 11 is 0. The van der Waals surface area contributed by atoms with Crippen molar-refractivity contribution in [3.05, 3.63) is 32.9 Å². The minimum Gasteiger partial charge on any atom is -0.318 e. The Bertz CT molecular complexity index is 950. The molecule has 1 aliphatic rings. The summed E-state index contributed by atoms with van der Waals surface area (Å²) < 4.78 is 79.9. The van der Waals surface area contributed by atoms with Crippen LogP contribution >= 0.6 is 0 Å². The molecule has 9 nitrogen and oxygen atoms in total. The van der Waals surface area contributed by atoms with Crippen molar-refractivity contribution in [3.8, 4) is 0 Å². The number of hydrogen-bond donors (Lipinski definition) is 1. The quantitative estimate of drug-likeness (QED) is 0.261. The van der Waals surface area contributed by atoms with Crippen LogP contribution < -0.4 is 5.32 Å². The van der Waals surface area contributed by atoms with Crippen molar-refractivity contribution in [1.82, 2.24) is 0 Å². The molecule has 1 heterocycles. The lowest BCUT2D eigenvalue weighted by molar-refractivity contribution is -0.391. The molecule has 0 aliphatic carbocycles. The minimum absolute atomic E-state index is 0.143. The molecule has 0 bridgehead atoms. The van der Waals surface area contributed by atoms with Crippen LogP contribution in [-0.2, 0) is 31.6 Å². The molecule has 0 atom stereocenters. The Morgan fingerprint density at radius 2 is 1.75 bits per heavy atom. The van der Waals surface area contributed by atoms with Gasteiger partial charge in [0.2, 0.25) is 0 Å². The van der Waals surface area contributed by atoms with E-state index in [9.17, 15) is 50.8 Å². The Balaban J connectivity index is 3.07. The molecule has 0 aromatic heterocycles. The van der Waals surface area contributed by atoms with E-state index in [1.165, 1.54) is 5.32 Å². The van der Waals surface area contributed by atoms with Gasteiger partial charge in [0.05, 0.1) is 16.2 Å².